The molecule has 0 aromatic heterocycles. The number of halogens is 4. The van der Waals surface area contributed by atoms with Gasteiger partial charge in [-0.25, -0.2) is 13.6 Å². The minimum Gasteiger partial charge on any atom is -0.416 e. The first kappa shape index (κ1) is 28.9. The molecule has 0 spiro atoms. The van der Waals surface area contributed by atoms with Crippen molar-refractivity contribution in [2.24, 2.45) is 0 Å². The van der Waals surface area contributed by atoms with Crippen molar-refractivity contribution in [3.8, 4) is 5.75 Å². The average molecular weight is 639 g/mol. The van der Waals surface area contributed by atoms with E-state index in [4.69, 9.17) is 23.5 Å². The molecule has 6 saturated heterocycles. The molecule has 1 N–H and O–H groups in total. The van der Waals surface area contributed by atoms with Crippen LogP contribution in [0.5, 0.6) is 5.75 Å². The van der Waals surface area contributed by atoms with E-state index in [0.717, 1.165) is 50.5 Å². The van der Waals surface area contributed by atoms with Crippen LogP contribution in [0.15, 0.2) is 17.0 Å². The maximum atomic E-state index is 15.0. The van der Waals surface area contributed by atoms with Gasteiger partial charge < -0.3 is 18.9 Å². The van der Waals surface area contributed by atoms with Crippen LogP contribution in [0.3, 0.4) is 0 Å². The van der Waals surface area contributed by atoms with E-state index < -0.39 is 50.0 Å². The molecule has 6 heterocycles. The summed E-state index contributed by atoms with van der Waals surface area (Å²) in [5, 5.41) is 0. The monoisotopic (exact) mass is 638 g/mol. The van der Waals surface area contributed by atoms with Gasteiger partial charge in [-0.05, 0) is 74.5 Å². The van der Waals surface area contributed by atoms with Gasteiger partial charge in [-0.1, -0.05) is 12.1 Å². The molecule has 13 heteroatoms. The van der Waals surface area contributed by atoms with Crippen molar-refractivity contribution in [2.45, 2.75) is 117 Å². The summed E-state index contributed by atoms with van der Waals surface area (Å²) in [6, 6.07) is 3.87. The summed E-state index contributed by atoms with van der Waals surface area (Å²) in [6.45, 7) is 0. The Morgan fingerprint density at radius 2 is 1.14 bits per heavy atom. The Hall–Kier alpha value is -2.58. The molecule has 0 aliphatic carbocycles. The molecule has 0 saturated carbocycles. The molecule has 44 heavy (non-hydrogen) atoms. The number of ether oxygens (including phenoxy) is 4. The van der Waals surface area contributed by atoms with E-state index >= 15 is 8.78 Å². The Balaban J connectivity index is 1.28. The van der Waals surface area contributed by atoms with Crippen molar-refractivity contribution < 1.29 is 54.3 Å². The number of carbonyl (C=O) groups excluding carboxylic acids is 1. The van der Waals surface area contributed by atoms with Crippen LogP contribution in [0, 0.1) is 23.3 Å². The van der Waals surface area contributed by atoms with Gasteiger partial charge in [0.05, 0.1) is 42.2 Å². The van der Waals surface area contributed by atoms with Crippen LogP contribution in [0.2, 0.25) is 0 Å². The Bertz CT molecular complexity index is 1600. The number of benzene rings is 2. The Morgan fingerprint density at radius 3 is 1.50 bits per heavy atom. The minimum atomic E-state index is -5.68. The van der Waals surface area contributed by atoms with E-state index in [1.54, 1.807) is 0 Å². The van der Waals surface area contributed by atoms with E-state index in [9.17, 15) is 22.0 Å². The van der Waals surface area contributed by atoms with Gasteiger partial charge in [0.2, 0.25) is 17.4 Å². The molecular weight excluding hydrogens is 608 g/mol. The first-order valence-electron chi connectivity index (χ1n) is 15.2. The molecule has 9 atom stereocenters. The Labute approximate surface area is 250 Å². The molecule has 6 fully saturated rings. The van der Waals surface area contributed by atoms with Gasteiger partial charge in [0.1, 0.15) is 0 Å². The molecular formula is C31H30F4O8S. The average Bonchev–Trinajstić information content (AvgIpc) is 3.85. The highest BCUT2D eigenvalue weighted by Gasteiger charge is 2.49. The van der Waals surface area contributed by atoms with Crippen LogP contribution >= 0.6 is 0 Å². The number of rotatable bonds is 6. The lowest BCUT2D eigenvalue weighted by atomic mass is 9.73. The van der Waals surface area contributed by atoms with Gasteiger partial charge in [0, 0.05) is 17.8 Å². The highest BCUT2D eigenvalue weighted by molar-refractivity contribution is 7.85. The molecule has 2 aromatic carbocycles. The van der Waals surface area contributed by atoms with Crippen LogP contribution in [0.25, 0.3) is 0 Å². The van der Waals surface area contributed by atoms with Crippen molar-refractivity contribution in [1.82, 2.24) is 0 Å². The third-order valence-corrected chi connectivity index (χ3v) is 11.5. The van der Waals surface area contributed by atoms with Crippen molar-refractivity contribution >= 4 is 16.1 Å². The zero-order chi connectivity index (χ0) is 30.7. The molecule has 9 unspecified atom stereocenters. The second-order valence-corrected chi connectivity index (χ2v) is 14.4. The van der Waals surface area contributed by atoms with Crippen LogP contribution in [-0.2, 0) is 24.3 Å². The lowest BCUT2D eigenvalue weighted by molar-refractivity contribution is 0.0710. The zero-order valence-electron chi connectivity index (χ0n) is 23.4. The molecule has 8 rings (SSSR count). The number of hydrogen-bond donors (Lipinski definition) is 1. The van der Waals surface area contributed by atoms with E-state index in [1.807, 2.05) is 12.1 Å². The molecule has 236 valence electrons. The van der Waals surface area contributed by atoms with E-state index in [1.165, 1.54) is 0 Å². The summed E-state index contributed by atoms with van der Waals surface area (Å²) in [7, 11) is -5.68. The van der Waals surface area contributed by atoms with Crippen molar-refractivity contribution in [3.05, 3.63) is 57.7 Å². The quantitative estimate of drug-likeness (QED) is 0.139. The molecule has 2 aromatic rings. The summed E-state index contributed by atoms with van der Waals surface area (Å²) < 4.78 is 115. The number of carbonyl (C=O) groups is 1. The van der Waals surface area contributed by atoms with Crippen LogP contribution < -0.4 is 4.74 Å². The Kier molecular flexibility index (Phi) is 6.70. The smallest absolute Gasteiger partial charge is 0.344 e. The maximum absolute atomic E-state index is 15.0. The summed E-state index contributed by atoms with van der Waals surface area (Å²) >= 11 is 0. The first-order valence-corrected chi connectivity index (χ1v) is 16.6. The molecule has 6 aliphatic rings. The SMILES string of the molecule is O=C(Oc1c(F)c(F)c(S(=O)(=O)O)c(F)c1F)c1c(C2CC3CCC2O3)cc(C2CC3CCC2O3)cc1C1CC2CCC1O2. The topological polar surface area (TPSA) is 108 Å². The second kappa shape index (κ2) is 10.2. The maximum Gasteiger partial charge on any atom is 0.344 e. The highest BCUT2D eigenvalue weighted by Crippen LogP contribution is 2.52. The van der Waals surface area contributed by atoms with Gasteiger partial charge in [0.25, 0.3) is 0 Å². The van der Waals surface area contributed by atoms with Crippen LogP contribution in [0.1, 0.15) is 103 Å². The molecule has 0 radical (unpaired) electrons. The summed E-state index contributed by atoms with van der Waals surface area (Å²) in [5.41, 5.74) is 2.24. The second-order valence-electron chi connectivity index (χ2n) is 13.0. The third kappa shape index (κ3) is 4.44. The fraction of sp³-hybridized carbons (Fsp3) is 0.581. The summed E-state index contributed by atoms with van der Waals surface area (Å²) in [5.74, 6) is -12.6. The van der Waals surface area contributed by atoms with E-state index in [0.29, 0.717) is 24.0 Å². The summed E-state index contributed by atoms with van der Waals surface area (Å²) in [4.78, 5) is 11.9. The Morgan fingerprint density at radius 1 is 0.705 bits per heavy atom. The predicted octanol–water partition coefficient (Wildman–Crippen LogP) is 5.81. The van der Waals surface area contributed by atoms with Crippen molar-refractivity contribution in [2.75, 3.05) is 0 Å². The van der Waals surface area contributed by atoms with Gasteiger partial charge >= 0.3 is 16.1 Å². The van der Waals surface area contributed by atoms with Crippen molar-refractivity contribution in [1.29, 1.82) is 0 Å². The number of esters is 1. The first-order chi connectivity index (χ1) is 21.0. The fourth-order valence-corrected chi connectivity index (χ4v) is 9.35. The highest BCUT2D eigenvalue weighted by atomic mass is 32.2. The van der Waals surface area contributed by atoms with Crippen LogP contribution in [-0.4, -0.2) is 55.6 Å². The standard InChI is InChI=1S/C31H30F4O8S/c32-25-27(34)30(44(37,38)39)28(35)26(33)29(25)43-31(36)24-19(17-10-14-2-5-22(17)41-14)7-12(16-9-13-1-4-21(16)40-13)8-20(24)18-11-15-3-6-23(18)42-15/h7-8,13-18,21-23H,1-6,9-11H2,(H,37,38,39). The van der Waals surface area contributed by atoms with Gasteiger partial charge in [-0.2, -0.15) is 17.2 Å². The van der Waals surface area contributed by atoms with Gasteiger partial charge in [-0.3, -0.25) is 4.55 Å². The number of hydrogen-bond acceptors (Lipinski definition) is 7. The van der Waals surface area contributed by atoms with Crippen molar-refractivity contribution in [3.63, 3.8) is 0 Å². The predicted molar refractivity (Wildman–Crippen MR) is 143 cm³/mol. The number of fused-ring (bicyclic) bond motifs is 6. The summed E-state index contributed by atoms with van der Waals surface area (Å²) in [6.07, 6.45) is 7.16. The molecule has 0 amide bonds. The van der Waals surface area contributed by atoms with Gasteiger partial charge in [0.15, 0.2) is 16.5 Å². The lowest BCUT2D eigenvalue weighted by Gasteiger charge is -2.30. The third-order valence-electron chi connectivity index (χ3n) is 10.6. The lowest BCUT2D eigenvalue weighted by Crippen LogP contribution is -2.26. The van der Waals surface area contributed by atoms with E-state index in [-0.39, 0.29) is 59.9 Å². The molecule has 6 bridgehead atoms. The normalized spacial score (nSPS) is 35.2. The fourth-order valence-electron chi connectivity index (χ4n) is 8.72. The minimum absolute atomic E-state index is 0.00341. The molecule has 8 nitrogen and oxygen atoms in total. The van der Waals surface area contributed by atoms with E-state index in [2.05, 4.69) is 0 Å². The largest absolute Gasteiger partial charge is 0.416 e. The van der Waals surface area contributed by atoms with Crippen LogP contribution in [0.4, 0.5) is 17.6 Å². The van der Waals surface area contributed by atoms with Gasteiger partial charge in [-0.15, -0.1) is 0 Å². The molecule has 6 aliphatic heterocycles. The zero-order valence-corrected chi connectivity index (χ0v) is 24.3.